The standard InChI is InChI=1S/C13H23BrN2O/c14-10-13(2-3-13)11-15-4-1-12(9-15)16-5-7-17-8-6-16/h12H,1-11H2. The van der Waals surface area contributed by atoms with Gasteiger partial charge in [-0.25, -0.2) is 0 Å². The summed E-state index contributed by atoms with van der Waals surface area (Å²) in [5, 5.41) is 1.19. The van der Waals surface area contributed by atoms with E-state index in [1.807, 2.05) is 0 Å². The highest BCUT2D eigenvalue weighted by Crippen LogP contribution is 2.48. The van der Waals surface area contributed by atoms with Crippen LogP contribution in [0.5, 0.6) is 0 Å². The minimum atomic E-state index is 0.639. The van der Waals surface area contributed by atoms with Gasteiger partial charge in [0.1, 0.15) is 0 Å². The Balaban J connectivity index is 1.48. The zero-order chi connectivity index (χ0) is 11.7. The molecule has 1 aliphatic carbocycles. The molecule has 0 bridgehead atoms. The van der Waals surface area contributed by atoms with E-state index in [-0.39, 0.29) is 0 Å². The molecule has 3 nitrogen and oxygen atoms in total. The molecule has 2 heterocycles. The van der Waals surface area contributed by atoms with Gasteiger partial charge in [-0.2, -0.15) is 0 Å². The van der Waals surface area contributed by atoms with Crippen molar-refractivity contribution in [2.75, 3.05) is 51.3 Å². The summed E-state index contributed by atoms with van der Waals surface area (Å²) in [5.74, 6) is 0. The Morgan fingerprint density at radius 1 is 1.18 bits per heavy atom. The van der Waals surface area contributed by atoms with Gasteiger partial charge in [0.25, 0.3) is 0 Å². The predicted molar refractivity (Wildman–Crippen MR) is 72.7 cm³/mol. The first kappa shape index (κ1) is 12.4. The summed E-state index contributed by atoms with van der Waals surface area (Å²) < 4.78 is 5.43. The topological polar surface area (TPSA) is 15.7 Å². The van der Waals surface area contributed by atoms with Gasteiger partial charge in [0.2, 0.25) is 0 Å². The van der Waals surface area contributed by atoms with Crippen molar-refractivity contribution in [1.82, 2.24) is 9.80 Å². The number of likely N-dealkylation sites (tertiary alicyclic amines) is 1. The summed E-state index contributed by atoms with van der Waals surface area (Å²) >= 11 is 3.68. The Labute approximate surface area is 113 Å². The number of rotatable bonds is 4. The molecule has 1 atom stereocenters. The number of hydrogen-bond acceptors (Lipinski definition) is 3. The smallest absolute Gasteiger partial charge is 0.0594 e. The monoisotopic (exact) mass is 302 g/mol. The van der Waals surface area contributed by atoms with Crippen LogP contribution in [0.2, 0.25) is 0 Å². The van der Waals surface area contributed by atoms with Crippen LogP contribution < -0.4 is 0 Å². The van der Waals surface area contributed by atoms with Gasteiger partial charge in [-0.05, 0) is 31.2 Å². The molecule has 98 valence electrons. The van der Waals surface area contributed by atoms with Gasteiger partial charge in [-0.15, -0.1) is 0 Å². The molecule has 3 aliphatic rings. The number of halogens is 1. The third kappa shape index (κ3) is 2.86. The summed E-state index contributed by atoms with van der Waals surface area (Å²) in [5.41, 5.74) is 0.639. The van der Waals surface area contributed by atoms with E-state index in [4.69, 9.17) is 4.74 Å². The zero-order valence-corrected chi connectivity index (χ0v) is 12.1. The molecule has 0 aromatic rings. The number of hydrogen-bond donors (Lipinski definition) is 0. The van der Waals surface area contributed by atoms with Crippen molar-refractivity contribution in [3.8, 4) is 0 Å². The largest absolute Gasteiger partial charge is 0.379 e. The quantitative estimate of drug-likeness (QED) is 0.733. The first-order valence-electron chi connectivity index (χ1n) is 6.91. The minimum absolute atomic E-state index is 0.639. The van der Waals surface area contributed by atoms with E-state index >= 15 is 0 Å². The van der Waals surface area contributed by atoms with Crippen molar-refractivity contribution in [1.29, 1.82) is 0 Å². The van der Waals surface area contributed by atoms with Crippen LogP contribution in [0.3, 0.4) is 0 Å². The van der Waals surface area contributed by atoms with Crippen LogP contribution in [-0.2, 0) is 4.74 Å². The summed E-state index contributed by atoms with van der Waals surface area (Å²) in [6, 6.07) is 0.796. The van der Waals surface area contributed by atoms with Crippen LogP contribution in [0.4, 0.5) is 0 Å². The van der Waals surface area contributed by atoms with Crippen LogP contribution in [0.25, 0.3) is 0 Å². The lowest BCUT2D eigenvalue weighted by Crippen LogP contribution is -2.45. The number of morpholine rings is 1. The summed E-state index contributed by atoms with van der Waals surface area (Å²) in [7, 11) is 0. The molecule has 3 fully saturated rings. The van der Waals surface area contributed by atoms with Crippen LogP contribution in [0, 0.1) is 5.41 Å². The first-order chi connectivity index (χ1) is 8.31. The Morgan fingerprint density at radius 3 is 2.59 bits per heavy atom. The van der Waals surface area contributed by atoms with Crippen LogP contribution in [-0.4, -0.2) is 67.1 Å². The average Bonchev–Trinajstić information content (AvgIpc) is 3.00. The maximum absolute atomic E-state index is 5.43. The van der Waals surface area contributed by atoms with E-state index in [9.17, 15) is 0 Å². The Bertz CT molecular complexity index is 264. The fourth-order valence-corrected chi connectivity index (χ4v) is 3.92. The first-order valence-corrected chi connectivity index (χ1v) is 8.04. The summed E-state index contributed by atoms with van der Waals surface area (Å²) in [6.07, 6.45) is 4.21. The van der Waals surface area contributed by atoms with Gasteiger partial charge in [0, 0.05) is 37.6 Å². The molecule has 0 N–H and O–H groups in total. The molecular formula is C13H23BrN2O. The third-order valence-corrected chi connectivity index (χ3v) is 5.80. The molecular weight excluding hydrogens is 280 g/mol. The molecule has 0 radical (unpaired) electrons. The molecule has 1 saturated carbocycles. The lowest BCUT2D eigenvalue weighted by molar-refractivity contribution is 0.0182. The number of ether oxygens (including phenoxy) is 1. The highest BCUT2D eigenvalue weighted by Gasteiger charge is 2.44. The van der Waals surface area contributed by atoms with E-state index in [0.29, 0.717) is 5.41 Å². The highest BCUT2D eigenvalue weighted by atomic mass is 79.9. The van der Waals surface area contributed by atoms with E-state index in [1.165, 1.54) is 44.2 Å². The Morgan fingerprint density at radius 2 is 1.94 bits per heavy atom. The van der Waals surface area contributed by atoms with E-state index in [0.717, 1.165) is 32.3 Å². The van der Waals surface area contributed by atoms with Crippen LogP contribution >= 0.6 is 15.9 Å². The fraction of sp³-hybridized carbons (Fsp3) is 1.00. The molecule has 0 amide bonds. The highest BCUT2D eigenvalue weighted by molar-refractivity contribution is 9.09. The second kappa shape index (κ2) is 5.16. The van der Waals surface area contributed by atoms with E-state index in [1.54, 1.807) is 0 Å². The molecule has 4 heteroatoms. The van der Waals surface area contributed by atoms with Gasteiger partial charge < -0.3 is 9.64 Å². The Hall–Kier alpha value is 0.360. The molecule has 3 rings (SSSR count). The molecule has 1 unspecified atom stereocenters. The van der Waals surface area contributed by atoms with E-state index in [2.05, 4.69) is 25.7 Å². The minimum Gasteiger partial charge on any atom is -0.379 e. The van der Waals surface area contributed by atoms with Crippen molar-refractivity contribution >= 4 is 15.9 Å². The van der Waals surface area contributed by atoms with Gasteiger partial charge in [0.05, 0.1) is 13.2 Å². The second-order valence-electron chi connectivity index (χ2n) is 5.96. The Kier molecular flexibility index (Phi) is 3.76. The lowest BCUT2D eigenvalue weighted by atomic mass is 10.1. The van der Waals surface area contributed by atoms with Crippen molar-refractivity contribution < 1.29 is 4.74 Å². The number of nitrogens with zero attached hydrogens (tertiary/aromatic N) is 2. The van der Waals surface area contributed by atoms with Gasteiger partial charge in [-0.1, -0.05) is 15.9 Å². The van der Waals surface area contributed by atoms with Crippen molar-refractivity contribution in [3.63, 3.8) is 0 Å². The zero-order valence-electron chi connectivity index (χ0n) is 10.5. The van der Waals surface area contributed by atoms with Crippen molar-refractivity contribution in [2.24, 2.45) is 5.41 Å². The maximum Gasteiger partial charge on any atom is 0.0594 e. The lowest BCUT2D eigenvalue weighted by Gasteiger charge is -2.32. The van der Waals surface area contributed by atoms with Gasteiger partial charge in [0.15, 0.2) is 0 Å². The molecule has 0 aromatic carbocycles. The van der Waals surface area contributed by atoms with Gasteiger partial charge >= 0.3 is 0 Å². The average molecular weight is 303 g/mol. The maximum atomic E-state index is 5.43. The molecule has 2 saturated heterocycles. The molecule has 2 aliphatic heterocycles. The fourth-order valence-electron chi connectivity index (χ4n) is 3.18. The van der Waals surface area contributed by atoms with E-state index < -0.39 is 0 Å². The molecule has 0 spiro atoms. The predicted octanol–water partition coefficient (Wildman–Crippen LogP) is 1.57. The second-order valence-corrected chi connectivity index (χ2v) is 6.52. The van der Waals surface area contributed by atoms with Crippen LogP contribution in [0.1, 0.15) is 19.3 Å². The summed E-state index contributed by atoms with van der Waals surface area (Å²) in [4.78, 5) is 5.32. The molecule has 17 heavy (non-hydrogen) atoms. The van der Waals surface area contributed by atoms with Gasteiger partial charge in [-0.3, -0.25) is 4.90 Å². The SMILES string of the molecule is BrCC1(CN2CCC(N3CCOCC3)C2)CC1. The van der Waals surface area contributed by atoms with Crippen molar-refractivity contribution in [2.45, 2.75) is 25.3 Å². The molecule has 0 aromatic heterocycles. The third-order valence-electron chi connectivity index (χ3n) is 4.61. The number of alkyl halides is 1. The summed E-state index contributed by atoms with van der Waals surface area (Å²) in [6.45, 7) is 8.05. The normalized spacial score (nSPS) is 34.1. The van der Waals surface area contributed by atoms with Crippen LogP contribution in [0.15, 0.2) is 0 Å². The van der Waals surface area contributed by atoms with Crippen molar-refractivity contribution in [3.05, 3.63) is 0 Å².